The summed E-state index contributed by atoms with van der Waals surface area (Å²) in [5, 5.41) is 17.2. The molecule has 0 N–H and O–H groups in total. The predicted octanol–water partition coefficient (Wildman–Crippen LogP) is 1.95. The van der Waals surface area contributed by atoms with Gasteiger partial charge in [-0.25, -0.2) is 4.98 Å². The molecule has 0 radical (unpaired) electrons. The fraction of sp³-hybridized carbons (Fsp3) is 0.467. The lowest BCUT2D eigenvalue weighted by molar-refractivity contribution is 0.471. The van der Waals surface area contributed by atoms with Crippen LogP contribution in [-0.2, 0) is 6.54 Å². The monoisotopic (exact) mass is 282 g/mol. The minimum atomic E-state index is 0.388. The van der Waals surface area contributed by atoms with Gasteiger partial charge in [0.2, 0.25) is 0 Å². The molecule has 3 heterocycles. The number of hydrogen-bond acceptors (Lipinski definition) is 5. The molecule has 0 bridgehead atoms. The minimum Gasteiger partial charge on any atom is -0.356 e. The summed E-state index contributed by atoms with van der Waals surface area (Å²) in [6.07, 6.45) is 5.68. The molecule has 1 fully saturated rings. The Morgan fingerprint density at radius 2 is 2.33 bits per heavy atom. The molecule has 0 amide bonds. The smallest absolute Gasteiger partial charge is 0.137 e. The zero-order valence-corrected chi connectivity index (χ0v) is 12.1. The van der Waals surface area contributed by atoms with E-state index in [4.69, 9.17) is 5.26 Å². The molecule has 108 valence electrons. The summed E-state index contributed by atoms with van der Waals surface area (Å²) in [6, 6.07) is 5.84. The third-order valence-electron chi connectivity index (χ3n) is 3.97. The van der Waals surface area contributed by atoms with Gasteiger partial charge in [0.05, 0.1) is 5.56 Å². The minimum absolute atomic E-state index is 0.388. The fourth-order valence-corrected chi connectivity index (χ4v) is 2.86. The summed E-state index contributed by atoms with van der Waals surface area (Å²) in [4.78, 5) is 6.66. The van der Waals surface area contributed by atoms with Crippen LogP contribution in [0.1, 0.15) is 37.1 Å². The molecule has 21 heavy (non-hydrogen) atoms. The molecule has 0 aromatic carbocycles. The Morgan fingerprint density at radius 1 is 1.43 bits per heavy atom. The first kappa shape index (κ1) is 13.6. The molecule has 6 heteroatoms. The molecule has 2 aromatic heterocycles. The van der Waals surface area contributed by atoms with Crippen LogP contribution in [0, 0.1) is 11.3 Å². The maximum absolute atomic E-state index is 8.84. The molecular formula is C15H18N6. The molecule has 6 nitrogen and oxygen atoms in total. The molecule has 0 aliphatic carbocycles. The van der Waals surface area contributed by atoms with E-state index >= 15 is 0 Å². The highest BCUT2D eigenvalue weighted by Gasteiger charge is 2.25. The van der Waals surface area contributed by atoms with Gasteiger partial charge in [-0.1, -0.05) is 0 Å². The van der Waals surface area contributed by atoms with Crippen LogP contribution in [0.2, 0.25) is 0 Å². The molecule has 1 unspecified atom stereocenters. The van der Waals surface area contributed by atoms with Crippen molar-refractivity contribution in [2.24, 2.45) is 0 Å². The van der Waals surface area contributed by atoms with E-state index < -0.39 is 0 Å². The van der Waals surface area contributed by atoms with Gasteiger partial charge < -0.3 is 9.47 Å². The van der Waals surface area contributed by atoms with Crippen LogP contribution in [0.5, 0.6) is 0 Å². The molecule has 1 atom stereocenters. The first-order valence-electron chi connectivity index (χ1n) is 7.30. The Kier molecular flexibility index (Phi) is 3.82. The molecule has 1 aliphatic heterocycles. The molecule has 2 aromatic rings. The van der Waals surface area contributed by atoms with Gasteiger partial charge in [-0.15, -0.1) is 10.2 Å². The van der Waals surface area contributed by atoms with Crippen molar-refractivity contribution >= 4 is 5.82 Å². The summed E-state index contributed by atoms with van der Waals surface area (Å²) in [6.45, 7) is 4.90. The van der Waals surface area contributed by atoms with Gasteiger partial charge in [0.1, 0.15) is 24.0 Å². The second kappa shape index (κ2) is 5.92. The predicted molar refractivity (Wildman–Crippen MR) is 78.8 cm³/mol. The number of piperidine rings is 1. The summed E-state index contributed by atoms with van der Waals surface area (Å²) in [5.74, 6) is 2.38. The molecule has 1 saturated heterocycles. The van der Waals surface area contributed by atoms with E-state index in [1.807, 2.05) is 12.1 Å². The fourth-order valence-electron chi connectivity index (χ4n) is 2.86. The average molecular weight is 282 g/mol. The van der Waals surface area contributed by atoms with E-state index in [0.717, 1.165) is 44.1 Å². The average Bonchev–Trinajstić information content (AvgIpc) is 3.04. The van der Waals surface area contributed by atoms with Crippen LogP contribution in [0.3, 0.4) is 0 Å². The molecule has 0 spiro atoms. The SMILES string of the molecule is CCn1cnnc1C1CCCN(c2ccc(C#N)cn2)C1. The molecule has 0 saturated carbocycles. The number of rotatable bonds is 3. The van der Waals surface area contributed by atoms with Crippen LogP contribution >= 0.6 is 0 Å². The number of pyridine rings is 1. The van der Waals surface area contributed by atoms with Gasteiger partial charge in [0.15, 0.2) is 0 Å². The molecular weight excluding hydrogens is 264 g/mol. The number of aryl methyl sites for hydroxylation is 1. The Hall–Kier alpha value is -2.42. The number of hydrogen-bond donors (Lipinski definition) is 0. The van der Waals surface area contributed by atoms with Gasteiger partial charge in [-0.2, -0.15) is 5.26 Å². The summed E-state index contributed by atoms with van der Waals surface area (Å²) < 4.78 is 2.11. The second-order valence-electron chi connectivity index (χ2n) is 5.28. The lowest BCUT2D eigenvalue weighted by atomic mass is 9.97. The van der Waals surface area contributed by atoms with Crippen LogP contribution in [0.4, 0.5) is 5.82 Å². The third kappa shape index (κ3) is 2.72. The van der Waals surface area contributed by atoms with Crippen LogP contribution in [0.25, 0.3) is 0 Å². The van der Waals surface area contributed by atoms with Crippen molar-refractivity contribution in [3.8, 4) is 6.07 Å². The Morgan fingerprint density at radius 3 is 3.05 bits per heavy atom. The number of anilines is 1. The zero-order chi connectivity index (χ0) is 14.7. The zero-order valence-electron chi connectivity index (χ0n) is 12.1. The van der Waals surface area contributed by atoms with E-state index in [-0.39, 0.29) is 0 Å². The van der Waals surface area contributed by atoms with Crippen molar-refractivity contribution in [2.75, 3.05) is 18.0 Å². The topological polar surface area (TPSA) is 70.6 Å². The first-order chi connectivity index (χ1) is 10.3. The Balaban J connectivity index is 1.78. The highest BCUT2D eigenvalue weighted by atomic mass is 15.3. The van der Waals surface area contributed by atoms with Crippen molar-refractivity contribution in [1.82, 2.24) is 19.7 Å². The van der Waals surface area contributed by atoms with E-state index in [0.29, 0.717) is 11.5 Å². The summed E-state index contributed by atoms with van der Waals surface area (Å²) in [7, 11) is 0. The van der Waals surface area contributed by atoms with E-state index in [1.54, 1.807) is 12.5 Å². The van der Waals surface area contributed by atoms with Crippen LogP contribution in [-0.4, -0.2) is 32.8 Å². The van der Waals surface area contributed by atoms with E-state index in [2.05, 4.69) is 37.6 Å². The molecule has 1 aliphatic rings. The quantitative estimate of drug-likeness (QED) is 0.860. The highest BCUT2D eigenvalue weighted by molar-refractivity contribution is 5.42. The van der Waals surface area contributed by atoms with E-state index in [9.17, 15) is 0 Å². The normalized spacial score (nSPS) is 18.5. The van der Waals surface area contributed by atoms with Gasteiger partial charge >= 0.3 is 0 Å². The Bertz CT molecular complexity index is 639. The van der Waals surface area contributed by atoms with Crippen molar-refractivity contribution < 1.29 is 0 Å². The second-order valence-corrected chi connectivity index (χ2v) is 5.28. The standard InChI is InChI=1S/C15H18N6/c1-2-20-11-18-19-15(20)13-4-3-7-21(10-13)14-6-5-12(8-16)9-17-14/h5-6,9,11,13H,2-4,7,10H2,1H3. The largest absolute Gasteiger partial charge is 0.356 e. The number of nitriles is 1. The van der Waals surface area contributed by atoms with E-state index in [1.165, 1.54) is 0 Å². The van der Waals surface area contributed by atoms with Gasteiger partial charge in [-0.3, -0.25) is 0 Å². The lowest BCUT2D eigenvalue weighted by Crippen LogP contribution is -2.35. The van der Waals surface area contributed by atoms with Gasteiger partial charge in [0, 0.05) is 31.7 Å². The summed E-state index contributed by atoms with van der Waals surface area (Å²) >= 11 is 0. The first-order valence-corrected chi connectivity index (χ1v) is 7.30. The van der Waals surface area contributed by atoms with Gasteiger partial charge in [-0.05, 0) is 31.9 Å². The molecule has 3 rings (SSSR count). The van der Waals surface area contributed by atoms with Crippen molar-refractivity contribution in [3.05, 3.63) is 36.0 Å². The lowest BCUT2D eigenvalue weighted by Gasteiger charge is -2.33. The van der Waals surface area contributed by atoms with Crippen LogP contribution < -0.4 is 4.90 Å². The van der Waals surface area contributed by atoms with Crippen LogP contribution in [0.15, 0.2) is 24.7 Å². The summed E-state index contributed by atoms with van der Waals surface area (Å²) in [5.41, 5.74) is 0.595. The van der Waals surface area contributed by atoms with Crippen molar-refractivity contribution in [1.29, 1.82) is 5.26 Å². The number of nitrogens with zero attached hydrogens (tertiary/aromatic N) is 6. The van der Waals surface area contributed by atoms with Crippen molar-refractivity contribution in [2.45, 2.75) is 32.2 Å². The Labute approximate surface area is 124 Å². The third-order valence-corrected chi connectivity index (χ3v) is 3.97. The van der Waals surface area contributed by atoms with Crippen molar-refractivity contribution in [3.63, 3.8) is 0 Å². The maximum Gasteiger partial charge on any atom is 0.137 e. The highest BCUT2D eigenvalue weighted by Crippen LogP contribution is 2.28. The van der Waals surface area contributed by atoms with Gasteiger partial charge in [0.25, 0.3) is 0 Å². The maximum atomic E-state index is 8.84. The number of aromatic nitrogens is 4.